The minimum atomic E-state index is -0.136. The summed E-state index contributed by atoms with van der Waals surface area (Å²) in [4.78, 5) is 24.3. The Morgan fingerprint density at radius 3 is 2.43 bits per heavy atom. The van der Waals surface area contributed by atoms with Gasteiger partial charge in [0.05, 0.1) is 11.9 Å². The first-order valence-electron chi connectivity index (χ1n) is 9.63. The normalized spacial score (nSPS) is 10.6. The predicted molar refractivity (Wildman–Crippen MR) is 109 cm³/mol. The molecule has 0 aliphatic heterocycles. The zero-order valence-electron chi connectivity index (χ0n) is 16.1. The maximum absolute atomic E-state index is 12.3. The Morgan fingerprint density at radius 1 is 0.964 bits per heavy atom. The van der Waals surface area contributed by atoms with Crippen molar-refractivity contribution in [3.8, 4) is 5.69 Å². The van der Waals surface area contributed by atoms with E-state index in [0.29, 0.717) is 12.1 Å². The number of Topliss-reactive ketones (excluding diaryl/α,β-unsaturated/α-hetero) is 1. The Bertz CT molecular complexity index is 915. The third kappa shape index (κ3) is 5.39. The van der Waals surface area contributed by atoms with Gasteiger partial charge in [0.2, 0.25) is 5.91 Å². The van der Waals surface area contributed by atoms with Crippen LogP contribution in [0.1, 0.15) is 47.7 Å². The average molecular weight is 375 g/mol. The molecular formula is C23H25N3O2. The number of nitrogens with one attached hydrogen (secondary N) is 1. The van der Waals surface area contributed by atoms with Gasteiger partial charge in [0.25, 0.3) is 0 Å². The number of aromatic nitrogens is 2. The summed E-state index contributed by atoms with van der Waals surface area (Å²) < 4.78 is 1.77. The lowest BCUT2D eigenvalue weighted by Crippen LogP contribution is -2.23. The average Bonchev–Trinajstić information content (AvgIpc) is 3.21. The van der Waals surface area contributed by atoms with E-state index in [-0.39, 0.29) is 24.5 Å². The van der Waals surface area contributed by atoms with Crippen molar-refractivity contribution >= 4 is 11.7 Å². The molecule has 5 heteroatoms. The van der Waals surface area contributed by atoms with Gasteiger partial charge in [-0.15, -0.1) is 0 Å². The summed E-state index contributed by atoms with van der Waals surface area (Å²) in [7, 11) is 0. The van der Waals surface area contributed by atoms with E-state index in [1.807, 2.05) is 60.8 Å². The second kappa shape index (κ2) is 9.65. The van der Waals surface area contributed by atoms with E-state index < -0.39 is 0 Å². The van der Waals surface area contributed by atoms with Crippen LogP contribution in [0, 0.1) is 0 Å². The van der Waals surface area contributed by atoms with Gasteiger partial charge in [-0.25, -0.2) is 4.68 Å². The highest BCUT2D eigenvalue weighted by molar-refractivity contribution is 5.97. The SMILES string of the molecule is CCCc1ccc(C(=O)CCC(=O)NCc2cnn(-c3ccccc3)c2)cc1. The molecule has 0 radical (unpaired) electrons. The molecule has 0 spiro atoms. The first-order chi connectivity index (χ1) is 13.7. The second-order valence-electron chi connectivity index (χ2n) is 6.78. The van der Waals surface area contributed by atoms with Crippen molar-refractivity contribution in [2.75, 3.05) is 0 Å². The Balaban J connectivity index is 1.44. The summed E-state index contributed by atoms with van der Waals surface area (Å²) >= 11 is 0. The van der Waals surface area contributed by atoms with E-state index in [2.05, 4.69) is 17.3 Å². The summed E-state index contributed by atoms with van der Waals surface area (Å²) in [5.41, 5.74) is 3.77. The molecule has 2 aromatic carbocycles. The van der Waals surface area contributed by atoms with Crippen molar-refractivity contribution < 1.29 is 9.59 Å². The lowest BCUT2D eigenvalue weighted by atomic mass is 10.0. The zero-order valence-corrected chi connectivity index (χ0v) is 16.1. The number of hydrogen-bond donors (Lipinski definition) is 1. The van der Waals surface area contributed by atoms with Gasteiger partial charge in [0.15, 0.2) is 5.78 Å². The first-order valence-corrected chi connectivity index (χ1v) is 9.63. The summed E-state index contributed by atoms with van der Waals surface area (Å²) in [6.45, 7) is 2.52. The second-order valence-corrected chi connectivity index (χ2v) is 6.78. The first kappa shape index (κ1) is 19.5. The number of amides is 1. The molecule has 0 aliphatic rings. The van der Waals surface area contributed by atoms with Crippen molar-refractivity contribution in [3.63, 3.8) is 0 Å². The highest BCUT2D eigenvalue weighted by atomic mass is 16.2. The number of hydrogen-bond acceptors (Lipinski definition) is 3. The number of nitrogens with zero attached hydrogens (tertiary/aromatic N) is 2. The van der Waals surface area contributed by atoms with Crippen LogP contribution in [0.25, 0.3) is 5.69 Å². The van der Waals surface area contributed by atoms with Gasteiger partial charge in [-0.1, -0.05) is 55.8 Å². The maximum Gasteiger partial charge on any atom is 0.220 e. The molecule has 0 saturated heterocycles. The topological polar surface area (TPSA) is 64.0 Å². The van der Waals surface area contributed by atoms with Gasteiger partial charge >= 0.3 is 0 Å². The Morgan fingerprint density at radius 2 is 1.71 bits per heavy atom. The van der Waals surface area contributed by atoms with Gasteiger partial charge in [-0.05, 0) is 24.1 Å². The number of para-hydroxylation sites is 1. The largest absolute Gasteiger partial charge is 0.352 e. The molecule has 28 heavy (non-hydrogen) atoms. The quantitative estimate of drug-likeness (QED) is 0.573. The van der Waals surface area contributed by atoms with E-state index in [9.17, 15) is 9.59 Å². The molecule has 1 aromatic heterocycles. The standard InChI is InChI=1S/C23H25N3O2/c1-2-6-18-9-11-20(12-10-18)22(27)13-14-23(28)24-15-19-16-25-26(17-19)21-7-4-3-5-8-21/h3-5,7-12,16-17H,2,6,13-15H2,1H3,(H,24,28). The molecule has 0 bridgehead atoms. The van der Waals surface area contributed by atoms with Crippen molar-refractivity contribution in [1.82, 2.24) is 15.1 Å². The fraction of sp³-hybridized carbons (Fsp3) is 0.261. The third-order valence-corrected chi connectivity index (χ3v) is 4.54. The molecule has 0 aliphatic carbocycles. The minimum Gasteiger partial charge on any atom is -0.352 e. The highest BCUT2D eigenvalue weighted by Gasteiger charge is 2.10. The molecule has 5 nitrogen and oxygen atoms in total. The zero-order chi connectivity index (χ0) is 19.8. The van der Waals surface area contributed by atoms with Crippen molar-refractivity contribution in [2.45, 2.75) is 39.2 Å². The van der Waals surface area contributed by atoms with E-state index in [1.54, 1.807) is 10.9 Å². The maximum atomic E-state index is 12.3. The molecule has 3 rings (SSSR count). The Labute approximate surface area is 165 Å². The van der Waals surface area contributed by atoms with Gasteiger partial charge in [0.1, 0.15) is 0 Å². The smallest absolute Gasteiger partial charge is 0.220 e. The predicted octanol–water partition coefficient (Wildman–Crippen LogP) is 4.10. The third-order valence-electron chi connectivity index (χ3n) is 4.54. The van der Waals surface area contributed by atoms with Crippen LogP contribution < -0.4 is 5.32 Å². The van der Waals surface area contributed by atoms with Gasteiger partial charge in [0, 0.05) is 36.7 Å². The minimum absolute atomic E-state index is 0.00454. The molecule has 0 saturated carbocycles. The Kier molecular flexibility index (Phi) is 6.73. The lowest BCUT2D eigenvalue weighted by Gasteiger charge is -2.05. The van der Waals surface area contributed by atoms with Crippen LogP contribution in [0.5, 0.6) is 0 Å². The monoisotopic (exact) mass is 375 g/mol. The van der Waals surface area contributed by atoms with Crippen molar-refractivity contribution in [1.29, 1.82) is 0 Å². The number of carbonyl (C=O) groups is 2. The number of benzene rings is 2. The van der Waals surface area contributed by atoms with Gasteiger partial charge < -0.3 is 5.32 Å². The van der Waals surface area contributed by atoms with Crippen molar-refractivity contribution in [3.05, 3.63) is 83.7 Å². The number of aryl methyl sites for hydroxylation is 1. The number of ketones is 1. The van der Waals surface area contributed by atoms with Crippen LogP contribution in [0.3, 0.4) is 0 Å². The van der Waals surface area contributed by atoms with Crippen molar-refractivity contribution in [2.24, 2.45) is 0 Å². The molecule has 0 atom stereocenters. The van der Waals surface area contributed by atoms with E-state index in [1.165, 1.54) is 5.56 Å². The number of carbonyl (C=O) groups excluding carboxylic acids is 2. The molecule has 1 N–H and O–H groups in total. The molecule has 144 valence electrons. The van der Waals surface area contributed by atoms with E-state index >= 15 is 0 Å². The molecule has 1 heterocycles. The lowest BCUT2D eigenvalue weighted by molar-refractivity contribution is -0.121. The molecule has 1 amide bonds. The summed E-state index contributed by atoms with van der Waals surface area (Å²) in [6.07, 6.45) is 6.11. The number of rotatable bonds is 9. The van der Waals surface area contributed by atoms with Crippen LogP contribution in [-0.2, 0) is 17.8 Å². The highest BCUT2D eigenvalue weighted by Crippen LogP contribution is 2.10. The fourth-order valence-corrected chi connectivity index (χ4v) is 2.98. The molecule has 0 fully saturated rings. The van der Waals surface area contributed by atoms with E-state index in [0.717, 1.165) is 24.1 Å². The Hall–Kier alpha value is -3.21. The van der Waals surface area contributed by atoms with Crippen LogP contribution in [-0.4, -0.2) is 21.5 Å². The fourth-order valence-electron chi connectivity index (χ4n) is 2.98. The van der Waals surface area contributed by atoms with Crippen LogP contribution in [0.2, 0.25) is 0 Å². The van der Waals surface area contributed by atoms with Crippen LogP contribution in [0.4, 0.5) is 0 Å². The molecule has 0 unspecified atom stereocenters. The van der Waals surface area contributed by atoms with Crippen LogP contribution in [0.15, 0.2) is 67.0 Å². The summed E-state index contributed by atoms with van der Waals surface area (Å²) in [5.74, 6) is -0.140. The molecule has 3 aromatic rings. The van der Waals surface area contributed by atoms with Gasteiger partial charge in [-0.3, -0.25) is 9.59 Å². The van der Waals surface area contributed by atoms with Gasteiger partial charge in [-0.2, -0.15) is 5.10 Å². The van der Waals surface area contributed by atoms with E-state index in [4.69, 9.17) is 0 Å². The molecular weight excluding hydrogens is 350 g/mol. The van der Waals surface area contributed by atoms with Crippen LogP contribution >= 0.6 is 0 Å². The summed E-state index contributed by atoms with van der Waals surface area (Å²) in [6, 6.07) is 17.5. The summed E-state index contributed by atoms with van der Waals surface area (Å²) in [5, 5.41) is 7.16.